The van der Waals surface area contributed by atoms with Crippen LogP contribution in [0.5, 0.6) is 23.0 Å². The molecule has 0 aliphatic carbocycles. The van der Waals surface area contributed by atoms with Gasteiger partial charge in [0, 0.05) is 49.8 Å². The molecule has 3 N–H and O–H groups in total. The van der Waals surface area contributed by atoms with Gasteiger partial charge in [-0.2, -0.15) is 0 Å². The maximum absolute atomic E-state index is 12.3. The third-order valence-corrected chi connectivity index (χ3v) is 9.48. The lowest BCUT2D eigenvalue weighted by Gasteiger charge is -2.14. The highest BCUT2D eigenvalue weighted by atomic mass is 31.2. The fourth-order valence-electron chi connectivity index (χ4n) is 5.56. The van der Waals surface area contributed by atoms with Crippen LogP contribution in [-0.2, 0) is 4.57 Å². The van der Waals surface area contributed by atoms with Gasteiger partial charge >= 0.3 is 13.7 Å². The molecular formula is C45H43N8O7P. The summed E-state index contributed by atoms with van der Waals surface area (Å²) in [6.07, 6.45) is 6.55. The second kappa shape index (κ2) is 21.7. The van der Waals surface area contributed by atoms with Crippen LogP contribution < -0.4 is 24.3 Å². The topological polar surface area (TPSA) is 218 Å². The molecule has 310 valence electrons. The van der Waals surface area contributed by atoms with Gasteiger partial charge in [-0.25, -0.2) is 19.3 Å². The van der Waals surface area contributed by atoms with E-state index in [2.05, 4.69) is 29.7 Å². The first kappa shape index (κ1) is 45.7. The zero-order valence-corrected chi connectivity index (χ0v) is 32.5. The van der Waals surface area contributed by atoms with Gasteiger partial charge in [0.2, 0.25) is 0 Å². The van der Waals surface area contributed by atoms with Crippen molar-refractivity contribution in [3.05, 3.63) is 174 Å². The molecule has 61 heavy (non-hydrogen) atoms. The molecule has 0 saturated heterocycles. The molecule has 0 aliphatic rings. The van der Waals surface area contributed by atoms with Crippen molar-refractivity contribution in [3.8, 4) is 45.5 Å². The zero-order valence-electron chi connectivity index (χ0n) is 31.6. The number of pyridine rings is 4. The Labute approximate surface area is 352 Å². The van der Waals surface area contributed by atoms with E-state index in [1.54, 1.807) is 112 Å². The number of ether oxygens (including phenoxy) is 2. The van der Waals surface area contributed by atoms with Crippen LogP contribution in [0.4, 0.5) is 5.69 Å². The van der Waals surface area contributed by atoms with Crippen molar-refractivity contribution < 1.29 is 33.0 Å². The summed E-state index contributed by atoms with van der Waals surface area (Å²) in [6, 6.07) is 38.8. The first-order valence-corrected chi connectivity index (χ1v) is 19.1. The quantitative estimate of drug-likeness (QED) is 0.0569. The minimum Gasteiger partial charge on any atom is -0.497 e. The van der Waals surface area contributed by atoms with E-state index in [9.17, 15) is 14.5 Å². The van der Waals surface area contributed by atoms with Gasteiger partial charge in [0.05, 0.1) is 54.6 Å². The van der Waals surface area contributed by atoms with Gasteiger partial charge in [-0.3, -0.25) is 9.97 Å². The molecule has 0 spiro atoms. The molecule has 4 aromatic heterocycles. The number of hydrogen-bond donors (Lipinski definition) is 2. The van der Waals surface area contributed by atoms with Crippen LogP contribution in [0.25, 0.3) is 54.8 Å². The van der Waals surface area contributed by atoms with Crippen LogP contribution >= 0.6 is 7.75 Å². The van der Waals surface area contributed by atoms with Crippen LogP contribution in [0.1, 0.15) is 25.2 Å². The standard InChI is InChI=1S/C16H12N2O3.C15H13N3O.C12H10N3O3P.2CH4/c1-21-11-4-2-3-10(7-11)14-8-13(16(19)20)12-5-6-17-9-15(12)18-14;1-19-11-4-2-3-10(7-11)14-8-13(16)12-5-6-17-9-15(12)18-14;13-14-15-19(16,17-11-7-3-1-4-8-11)18-12-9-5-2-6-10-12;;/h2-9H,1H3,(H,19,20);2-9H,1H3,(H2,16,18);1-10H;2*1H4. The molecule has 0 radical (unpaired) electrons. The van der Waals surface area contributed by atoms with E-state index in [1.807, 2.05) is 60.7 Å². The lowest BCUT2D eigenvalue weighted by Crippen LogP contribution is -2.00. The predicted octanol–water partition coefficient (Wildman–Crippen LogP) is 11.7. The highest BCUT2D eigenvalue weighted by Gasteiger charge is 2.26. The number of methoxy groups -OCH3 is 2. The number of benzene rings is 4. The number of nitrogens with zero attached hydrogens (tertiary/aromatic N) is 7. The molecular weight excluding hydrogens is 796 g/mol. The monoisotopic (exact) mass is 838 g/mol. The number of carboxylic acids is 1. The maximum atomic E-state index is 12.3. The SMILES string of the molecule is C.C.COc1cccc(-c2cc(C(=O)O)c3ccncc3n2)c1.COc1cccc(-c2cc(N)c3ccncc3n2)c1.[N-]=[N+]=NP(=O)(Oc1ccccc1)Oc1ccccc1. The second-order valence-corrected chi connectivity index (χ2v) is 13.6. The molecule has 15 nitrogen and oxygen atoms in total. The Morgan fingerprint density at radius 1 is 0.656 bits per heavy atom. The summed E-state index contributed by atoms with van der Waals surface area (Å²) >= 11 is 0. The minimum atomic E-state index is -3.95. The highest BCUT2D eigenvalue weighted by Crippen LogP contribution is 2.50. The van der Waals surface area contributed by atoms with Crippen LogP contribution in [-0.4, -0.2) is 45.2 Å². The average molecular weight is 839 g/mol. The number of fused-ring (bicyclic) bond motifs is 2. The molecule has 4 aromatic carbocycles. The Kier molecular flexibility index (Phi) is 16.2. The molecule has 0 saturated carbocycles. The summed E-state index contributed by atoms with van der Waals surface area (Å²) in [4.78, 5) is 34.2. The van der Waals surface area contributed by atoms with E-state index in [1.165, 1.54) is 0 Å². The fourth-order valence-corrected chi connectivity index (χ4v) is 6.54. The van der Waals surface area contributed by atoms with Crippen molar-refractivity contribution in [2.75, 3.05) is 20.0 Å². The van der Waals surface area contributed by atoms with Gasteiger partial charge in [-0.15, -0.1) is 0 Å². The summed E-state index contributed by atoms with van der Waals surface area (Å²) < 4.78 is 33.0. The van der Waals surface area contributed by atoms with Crippen LogP contribution in [0.3, 0.4) is 0 Å². The number of anilines is 1. The largest absolute Gasteiger partial charge is 0.525 e. The number of hydrogen-bond acceptors (Lipinski definition) is 11. The molecule has 0 amide bonds. The van der Waals surface area contributed by atoms with Crippen LogP contribution in [0.15, 0.2) is 163 Å². The van der Waals surface area contributed by atoms with Crippen molar-refractivity contribution in [1.82, 2.24) is 19.9 Å². The summed E-state index contributed by atoms with van der Waals surface area (Å²) in [5.74, 6) is 1.10. The molecule has 8 aromatic rings. The molecule has 16 heteroatoms. The van der Waals surface area contributed by atoms with E-state index in [0.717, 1.165) is 33.5 Å². The molecule has 0 unspecified atom stereocenters. The third-order valence-electron chi connectivity index (χ3n) is 8.30. The smallest absolute Gasteiger partial charge is 0.497 e. The van der Waals surface area contributed by atoms with E-state index in [4.69, 9.17) is 29.8 Å². The van der Waals surface area contributed by atoms with Gasteiger partial charge in [-0.05, 0) is 78.3 Å². The molecule has 8 rings (SSSR count). The summed E-state index contributed by atoms with van der Waals surface area (Å²) in [5.41, 5.74) is 20.0. The molecule has 0 atom stereocenters. The Bertz CT molecular complexity index is 2760. The number of rotatable bonds is 10. The van der Waals surface area contributed by atoms with E-state index in [0.29, 0.717) is 39.5 Å². The van der Waals surface area contributed by atoms with Gasteiger partial charge in [-0.1, -0.05) is 75.5 Å². The highest BCUT2D eigenvalue weighted by molar-refractivity contribution is 7.53. The average Bonchev–Trinajstić information content (AvgIpc) is 3.27. The van der Waals surface area contributed by atoms with E-state index in [-0.39, 0.29) is 20.4 Å². The number of azide groups is 1. The van der Waals surface area contributed by atoms with Crippen molar-refractivity contribution in [3.63, 3.8) is 0 Å². The number of aromatic nitrogens is 4. The Balaban J connectivity index is 0.000000199. The number of carboxylic acid groups (broad SMARTS) is 1. The fraction of sp³-hybridized carbons (Fsp3) is 0.0889. The Morgan fingerprint density at radius 3 is 1.59 bits per heavy atom. The lowest BCUT2D eigenvalue weighted by atomic mass is 10.1. The molecule has 4 heterocycles. The third kappa shape index (κ3) is 12.0. The first-order chi connectivity index (χ1) is 28.7. The predicted molar refractivity (Wildman–Crippen MR) is 239 cm³/mol. The van der Waals surface area contributed by atoms with Crippen LogP contribution in [0, 0.1) is 0 Å². The van der Waals surface area contributed by atoms with Crippen molar-refractivity contribution >= 4 is 41.2 Å². The number of carbonyl (C=O) groups is 1. The lowest BCUT2D eigenvalue weighted by molar-refractivity contribution is 0.0699. The minimum absolute atomic E-state index is 0. The van der Waals surface area contributed by atoms with Gasteiger partial charge in [0.1, 0.15) is 23.0 Å². The van der Waals surface area contributed by atoms with E-state index < -0.39 is 13.7 Å². The maximum Gasteiger partial charge on any atom is 0.525 e. The van der Waals surface area contributed by atoms with Crippen molar-refractivity contribution in [2.24, 2.45) is 4.88 Å². The van der Waals surface area contributed by atoms with E-state index >= 15 is 0 Å². The van der Waals surface area contributed by atoms with Crippen molar-refractivity contribution in [2.45, 2.75) is 14.9 Å². The van der Waals surface area contributed by atoms with Crippen molar-refractivity contribution in [1.29, 1.82) is 0 Å². The summed E-state index contributed by atoms with van der Waals surface area (Å²) in [7, 11) is -0.728. The van der Waals surface area contributed by atoms with Gasteiger partial charge < -0.3 is 29.4 Å². The van der Waals surface area contributed by atoms with Gasteiger partial charge in [0.25, 0.3) is 0 Å². The number of aromatic carboxylic acids is 1. The molecule has 0 fully saturated rings. The summed E-state index contributed by atoms with van der Waals surface area (Å²) in [5, 5.41) is 10.9. The van der Waals surface area contributed by atoms with Gasteiger partial charge in [0.15, 0.2) is 0 Å². The second-order valence-electron chi connectivity index (χ2n) is 12.2. The Morgan fingerprint density at radius 2 is 1.11 bits per heavy atom. The Hall–Kier alpha value is -7.99. The first-order valence-electron chi connectivity index (χ1n) is 17.6. The zero-order chi connectivity index (χ0) is 41.6. The molecule has 0 bridgehead atoms. The summed E-state index contributed by atoms with van der Waals surface area (Å²) in [6.45, 7) is 0. The number of nitrogens with two attached hydrogens (primary N) is 1. The normalized spacial score (nSPS) is 10.1. The molecule has 0 aliphatic heterocycles. The number of nitrogen functional groups attached to an aromatic ring is 1. The number of para-hydroxylation sites is 2. The van der Waals surface area contributed by atoms with Crippen LogP contribution in [0.2, 0.25) is 0 Å².